The Kier molecular flexibility index (Phi) is 5.04. The zero-order valence-corrected chi connectivity index (χ0v) is 16.7. The minimum absolute atomic E-state index is 0.00372. The van der Waals surface area contributed by atoms with Gasteiger partial charge in [0.15, 0.2) is 5.82 Å². The van der Waals surface area contributed by atoms with Crippen LogP contribution in [0, 0.1) is 0 Å². The lowest BCUT2D eigenvalue weighted by atomic mass is 10.0. The van der Waals surface area contributed by atoms with E-state index >= 15 is 0 Å². The molecule has 0 spiro atoms. The van der Waals surface area contributed by atoms with Gasteiger partial charge < -0.3 is 10.8 Å². The number of carbonyl (C=O) groups is 3. The molecule has 0 aromatic carbocycles. The van der Waals surface area contributed by atoms with Gasteiger partial charge in [-0.3, -0.25) is 24.7 Å². The van der Waals surface area contributed by atoms with E-state index in [0.717, 1.165) is 0 Å². The zero-order valence-electron chi connectivity index (χ0n) is 15.0. The predicted molar refractivity (Wildman–Crippen MR) is 104 cm³/mol. The van der Waals surface area contributed by atoms with Crippen molar-refractivity contribution in [1.82, 2.24) is 25.9 Å². The molecule has 29 heavy (non-hydrogen) atoms. The Hall–Kier alpha value is -2.52. The normalized spacial score (nSPS) is 25.7. The number of carboxylic acid groups (broad SMARTS) is 1. The van der Waals surface area contributed by atoms with Crippen molar-refractivity contribution in [2.75, 3.05) is 18.6 Å². The second kappa shape index (κ2) is 7.38. The van der Waals surface area contributed by atoms with Crippen LogP contribution in [0.1, 0.15) is 0 Å². The number of nitrogens with one attached hydrogen (secondary N) is 2. The molecular formula is C15H17N7O5S2. The van der Waals surface area contributed by atoms with Gasteiger partial charge in [0.2, 0.25) is 5.91 Å². The summed E-state index contributed by atoms with van der Waals surface area (Å²) in [6.07, 6.45) is 3.13. The number of nitrogens with zero attached hydrogens (tertiary/aromatic N) is 4. The number of aliphatic carboxylic acids is 1. The first-order valence-electron chi connectivity index (χ1n) is 8.36. The molecule has 4 aliphatic heterocycles. The van der Waals surface area contributed by atoms with Crippen molar-refractivity contribution in [3.63, 3.8) is 0 Å². The number of amides is 2. The third-order valence-electron chi connectivity index (χ3n) is 4.53. The third kappa shape index (κ3) is 3.28. The van der Waals surface area contributed by atoms with Crippen LogP contribution < -0.4 is 16.7 Å². The summed E-state index contributed by atoms with van der Waals surface area (Å²) in [4.78, 5) is 41.1. The van der Waals surface area contributed by atoms with Gasteiger partial charge in [0, 0.05) is 24.6 Å². The van der Waals surface area contributed by atoms with Crippen LogP contribution in [0.15, 0.2) is 39.4 Å². The summed E-state index contributed by atoms with van der Waals surface area (Å²) in [6, 6.07) is -0.683. The first-order chi connectivity index (χ1) is 13.8. The highest BCUT2D eigenvalue weighted by atomic mass is 32.2. The van der Waals surface area contributed by atoms with Crippen molar-refractivity contribution >= 4 is 47.0 Å². The molecule has 0 saturated carbocycles. The summed E-state index contributed by atoms with van der Waals surface area (Å²) in [5, 5.41) is 22.0. The van der Waals surface area contributed by atoms with Crippen LogP contribution in [0.25, 0.3) is 0 Å². The molecule has 0 bridgehead atoms. The molecule has 4 rings (SSSR count). The molecule has 1 saturated heterocycles. The quantitative estimate of drug-likeness (QED) is 0.194. The zero-order chi connectivity index (χ0) is 20.9. The van der Waals surface area contributed by atoms with Gasteiger partial charge in [0.1, 0.15) is 22.8 Å². The van der Waals surface area contributed by atoms with Gasteiger partial charge in [-0.25, -0.2) is 20.3 Å². The van der Waals surface area contributed by atoms with Gasteiger partial charge in [-0.05, 0) is 5.57 Å². The minimum Gasteiger partial charge on any atom is -0.477 e. The molecule has 0 unspecified atom stereocenters. The largest absolute Gasteiger partial charge is 0.477 e. The maximum atomic E-state index is 12.1. The predicted octanol–water partition coefficient (Wildman–Crippen LogP) is -1.43. The number of hydroxylamine groups is 1. The van der Waals surface area contributed by atoms with E-state index in [9.17, 15) is 19.5 Å². The monoisotopic (exact) mass is 439 g/mol. The topological polar surface area (TPSA) is 164 Å². The van der Waals surface area contributed by atoms with Gasteiger partial charge in [-0.2, -0.15) is 0 Å². The van der Waals surface area contributed by atoms with Crippen LogP contribution >= 0.6 is 23.5 Å². The average Bonchev–Trinajstić information content (AvgIpc) is 3.09. The van der Waals surface area contributed by atoms with E-state index in [-0.39, 0.29) is 22.5 Å². The fourth-order valence-electron chi connectivity index (χ4n) is 3.18. The molecule has 2 atom stereocenters. The van der Waals surface area contributed by atoms with Crippen molar-refractivity contribution in [3.8, 4) is 0 Å². The molecule has 0 aliphatic carbocycles. The van der Waals surface area contributed by atoms with Crippen molar-refractivity contribution in [3.05, 3.63) is 34.4 Å². The van der Waals surface area contributed by atoms with E-state index in [0.29, 0.717) is 22.2 Å². The summed E-state index contributed by atoms with van der Waals surface area (Å²) in [7, 11) is 1.75. The molecule has 4 aliphatic rings. The molecule has 4 heterocycles. The van der Waals surface area contributed by atoms with E-state index in [1.165, 1.54) is 34.5 Å². The number of rotatable bonds is 5. The van der Waals surface area contributed by atoms with E-state index < -0.39 is 23.8 Å². The van der Waals surface area contributed by atoms with Gasteiger partial charge >= 0.3 is 5.97 Å². The summed E-state index contributed by atoms with van der Waals surface area (Å²) in [6.45, 7) is 0. The Morgan fingerprint density at radius 1 is 1.52 bits per heavy atom. The summed E-state index contributed by atoms with van der Waals surface area (Å²) < 4.78 is 0. The summed E-state index contributed by atoms with van der Waals surface area (Å²) in [5.41, 5.74) is 10.9. The highest BCUT2D eigenvalue weighted by molar-refractivity contribution is 8.03. The van der Waals surface area contributed by atoms with Gasteiger partial charge in [-0.15, -0.1) is 29.1 Å². The van der Waals surface area contributed by atoms with Crippen LogP contribution in [0.4, 0.5) is 0 Å². The smallest absolute Gasteiger partial charge is 0.352 e. The second-order valence-corrected chi connectivity index (χ2v) is 8.54. The number of nitrogens with two attached hydrogens (primary N) is 1. The molecule has 14 heteroatoms. The van der Waals surface area contributed by atoms with Gasteiger partial charge in [0.25, 0.3) is 5.91 Å². The van der Waals surface area contributed by atoms with Crippen LogP contribution in [-0.4, -0.2) is 78.7 Å². The SMILES string of the molecule is CN1C=C2N=C(C(=O)NO)C=C(SCC3=C(C(=O)O)N4C(=O)[C@@H](N)[C@H]4SC3)N2N1. The first-order valence-corrected chi connectivity index (χ1v) is 10.4. The Morgan fingerprint density at radius 2 is 2.28 bits per heavy atom. The number of carboxylic acids is 1. The first kappa shape index (κ1) is 19.8. The lowest BCUT2D eigenvalue weighted by Crippen LogP contribution is -2.68. The standard InChI is InChI=1S/C15H17N7O5S2/c1-20-3-8-17-7(12(23)18-27)2-9(22(8)19-20)28-4-6-5-29-14-10(16)13(24)21(14)11(6)15(25)26/h2-3,10,14,19,27H,4-5,16H2,1H3,(H,18,23)(H,25,26)/t10-,14-/m1/s1. The number of fused-ring (bicyclic) bond motifs is 2. The van der Waals surface area contributed by atoms with E-state index in [1.54, 1.807) is 28.7 Å². The summed E-state index contributed by atoms with van der Waals surface area (Å²) >= 11 is 2.70. The Balaban J connectivity index is 1.59. The average molecular weight is 439 g/mol. The van der Waals surface area contributed by atoms with Crippen LogP contribution in [0.2, 0.25) is 0 Å². The Labute approximate surface area is 173 Å². The second-order valence-electron chi connectivity index (χ2n) is 6.44. The number of hydrogen-bond donors (Lipinski definition) is 5. The van der Waals surface area contributed by atoms with Crippen molar-refractivity contribution in [1.29, 1.82) is 0 Å². The van der Waals surface area contributed by atoms with Crippen molar-refractivity contribution in [2.24, 2.45) is 10.7 Å². The van der Waals surface area contributed by atoms with Crippen molar-refractivity contribution in [2.45, 2.75) is 11.4 Å². The maximum Gasteiger partial charge on any atom is 0.352 e. The summed E-state index contributed by atoms with van der Waals surface area (Å²) in [5.74, 6) is -1.20. The van der Waals surface area contributed by atoms with E-state index in [4.69, 9.17) is 10.9 Å². The molecule has 0 radical (unpaired) electrons. The molecule has 1 fully saturated rings. The highest BCUT2D eigenvalue weighted by Gasteiger charge is 2.51. The van der Waals surface area contributed by atoms with Crippen LogP contribution in [-0.2, 0) is 14.4 Å². The molecular weight excluding hydrogens is 422 g/mol. The van der Waals surface area contributed by atoms with E-state index in [2.05, 4.69) is 10.5 Å². The van der Waals surface area contributed by atoms with Gasteiger partial charge in [-0.1, -0.05) is 0 Å². The van der Waals surface area contributed by atoms with Crippen molar-refractivity contribution < 1.29 is 24.7 Å². The van der Waals surface area contributed by atoms with Crippen LogP contribution in [0.3, 0.4) is 0 Å². The fraction of sp³-hybridized carbons (Fsp3) is 0.333. The number of hydrazine groups is 2. The molecule has 6 N–H and O–H groups in total. The fourth-order valence-corrected chi connectivity index (χ4v) is 5.62. The lowest BCUT2D eigenvalue weighted by molar-refractivity contribution is -0.147. The van der Waals surface area contributed by atoms with E-state index in [1.807, 2.05) is 0 Å². The number of carbonyl (C=O) groups excluding carboxylic acids is 2. The molecule has 154 valence electrons. The molecule has 0 aromatic heterocycles. The molecule has 2 amide bonds. The minimum atomic E-state index is -1.18. The lowest BCUT2D eigenvalue weighted by Gasteiger charge is -2.48. The number of thioether (sulfide) groups is 2. The Morgan fingerprint density at radius 3 is 2.97 bits per heavy atom. The number of hydrogen-bond acceptors (Lipinski definition) is 11. The highest BCUT2D eigenvalue weighted by Crippen LogP contribution is 2.41. The maximum absolute atomic E-state index is 12.1. The molecule has 0 aromatic rings. The number of aliphatic imine (C=N–C) groups is 1. The van der Waals surface area contributed by atoms with Crippen LogP contribution in [0.5, 0.6) is 0 Å². The molecule has 12 nitrogen and oxygen atoms in total. The Bertz CT molecular complexity index is 930. The number of β-lactam (4-membered cyclic amide) rings is 1. The van der Waals surface area contributed by atoms with Gasteiger partial charge in [0.05, 0.1) is 11.2 Å². The third-order valence-corrected chi connectivity index (χ3v) is 6.98.